The number of imide groups is 1. The van der Waals surface area contributed by atoms with E-state index in [4.69, 9.17) is 4.98 Å². The summed E-state index contributed by atoms with van der Waals surface area (Å²) in [6, 6.07) is 9.07. The molecule has 1 fully saturated rings. The summed E-state index contributed by atoms with van der Waals surface area (Å²) in [6.45, 7) is 0. The molecule has 7 nitrogen and oxygen atoms in total. The minimum atomic E-state index is -0.470. The van der Waals surface area contributed by atoms with Crippen LogP contribution in [0.5, 0.6) is 0 Å². The van der Waals surface area contributed by atoms with Crippen molar-refractivity contribution in [3.8, 4) is 5.69 Å². The molecule has 2 aliphatic rings. The lowest BCUT2D eigenvalue weighted by molar-refractivity contribution is -0.117. The Kier molecular flexibility index (Phi) is 5.54. The Morgan fingerprint density at radius 3 is 2.71 bits per heavy atom. The Labute approximate surface area is 187 Å². The molecule has 1 saturated carbocycles. The molecule has 0 spiro atoms. The number of carbonyl (C=O) groups is 2. The fourth-order valence-electron chi connectivity index (χ4n) is 3.83. The monoisotopic (exact) mass is 454 g/mol. The number of hydrogen-bond acceptors (Lipinski definition) is 6. The van der Waals surface area contributed by atoms with Crippen LogP contribution in [0.4, 0.5) is 4.79 Å². The zero-order chi connectivity index (χ0) is 21.4. The molecule has 2 N–H and O–H groups in total. The summed E-state index contributed by atoms with van der Waals surface area (Å²) in [5, 5.41) is 6.25. The predicted octanol–water partition coefficient (Wildman–Crippen LogP) is 3.41. The SMILES string of the molecule is O=C(CSc1nc2sc3c(c2c(=O)n1-c1ccccc1)CCCC3)NC(=O)NC1CC1. The van der Waals surface area contributed by atoms with E-state index in [1.165, 1.54) is 16.6 Å². The first-order valence-electron chi connectivity index (χ1n) is 10.5. The smallest absolute Gasteiger partial charge is 0.321 e. The Morgan fingerprint density at radius 2 is 1.94 bits per heavy atom. The van der Waals surface area contributed by atoms with Crippen molar-refractivity contribution in [2.45, 2.75) is 49.7 Å². The Bertz CT molecular complexity index is 1210. The lowest BCUT2D eigenvalue weighted by Gasteiger charge is -2.13. The number of amides is 3. The molecule has 0 bridgehead atoms. The average Bonchev–Trinajstić information content (AvgIpc) is 3.49. The highest BCUT2D eigenvalue weighted by atomic mass is 32.2. The van der Waals surface area contributed by atoms with E-state index in [1.807, 2.05) is 30.3 Å². The molecular formula is C22H22N4O3S2. The molecule has 3 aromatic rings. The fraction of sp³-hybridized carbons (Fsp3) is 0.364. The van der Waals surface area contributed by atoms with E-state index >= 15 is 0 Å². The molecular weight excluding hydrogens is 432 g/mol. The lowest BCUT2D eigenvalue weighted by Crippen LogP contribution is -2.41. The number of benzene rings is 1. The third-order valence-electron chi connectivity index (χ3n) is 5.47. The van der Waals surface area contributed by atoms with Crippen LogP contribution in [-0.2, 0) is 17.6 Å². The molecule has 0 aliphatic heterocycles. The van der Waals surface area contributed by atoms with Crippen LogP contribution < -0.4 is 16.2 Å². The second kappa shape index (κ2) is 8.47. The van der Waals surface area contributed by atoms with Crippen LogP contribution in [0.25, 0.3) is 15.9 Å². The minimum absolute atomic E-state index is 0.00600. The van der Waals surface area contributed by atoms with Crippen molar-refractivity contribution in [3.05, 3.63) is 51.1 Å². The number of nitrogens with one attached hydrogen (secondary N) is 2. The number of thioether (sulfide) groups is 1. The van der Waals surface area contributed by atoms with Gasteiger partial charge in [-0.15, -0.1) is 11.3 Å². The van der Waals surface area contributed by atoms with Gasteiger partial charge in [0, 0.05) is 10.9 Å². The van der Waals surface area contributed by atoms with Gasteiger partial charge < -0.3 is 5.32 Å². The minimum Gasteiger partial charge on any atom is -0.335 e. The summed E-state index contributed by atoms with van der Waals surface area (Å²) in [4.78, 5) is 44.5. The number of urea groups is 1. The lowest BCUT2D eigenvalue weighted by atomic mass is 9.97. The number of fused-ring (bicyclic) bond motifs is 3. The summed E-state index contributed by atoms with van der Waals surface area (Å²) in [5.74, 6) is -0.420. The Balaban J connectivity index is 1.48. The maximum Gasteiger partial charge on any atom is 0.321 e. The number of aryl methyl sites for hydroxylation is 2. The van der Waals surface area contributed by atoms with Crippen LogP contribution >= 0.6 is 23.1 Å². The molecule has 1 aromatic carbocycles. The van der Waals surface area contributed by atoms with Gasteiger partial charge >= 0.3 is 6.03 Å². The fourth-order valence-corrected chi connectivity index (χ4v) is 5.95. The van der Waals surface area contributed by atoms with Crippen molar-refractivity contribution in [1.29, 1.82) is 0 Å². The quantitative estimate of drug-likeness (QED) is 0.455. The maximum absolute atomic E-state index is 13.6. The van der Waals surface area contributed by atoms with Gasteiger partial charge in [0.2, 0.25) is 5.91 Å². The third kappa shape index (κ3) is 4.24. The van der Waals surface area contributed by atoms with E-state index in [0.717, 1.165) is 48.9 Å². The topological polar surface area (TPSA) is 93.1 Å². The molecule has 0 atom stereocenters. The molecule has 3 amide bonds. The largest absolute Gasteiger partial charge is 0.335 e. The van der Waals surface area contributed by atoms with Crippen LogP contribution in [0.3, 0.4) is 0 Å². The summed E-state index contributed by atoms with van der Waals surface area (Å²) in [6.07, 6.45) is 6.03. The normalized spacial score (nSPS) is 15.5. The van der Waals surface area contributed by atoms with E-state index in [-0.39, 0.29) is 17.4 Å². The van der Waals surface area contributed by atoms with E-state index in [2.05, 4.69) is 10.6 Å². The Morgan fingerprint density at radius 1 is 1.16 bits per heavy atom. The van der Waals surface area contributed by atoms with Gasteiger partial charge in [0.25, 0.3) is 5.56 Å². The number of thiophene rings is 1. The van der Waals surface area contributed by atoms with Gasteiger partial charge in [0.05, 0.1) is 16.8 Å². The molecule has 9 heteroatoms. The molecule has 0 saturated heterocycles. The van der Waals surface area contributed by atoms with Gasteiger partial charge in [-0.25, -0.2) is 9.78 Å². The van der Waals surface area contributed by atoms with Gasteiger partial charge in [0.15, 0.2) is 5.16 Å². The molecule has 2 heterocycles. The van der Waals surface area contributed by atoms with Gasteiger partial charge in [0.1, 0.15) is 4.83 Å². The predicted molar refractivity (Wildman–Crippen MR) is 122 cm³/mol. The molecule has 0 radical (unpaired) electrons. The van der Waals surface area contributed by atoms with Crippen molar-refractivity contribution < 1.29 is 9.59 Å². The molecule has 2 aliphatic carbocycles. The number of para-hydroxylation sites is 1. The van der Waals surface area contributed by atoms with Gasteiger partial charge in [-0.05, 0) is 56.2 Å². The van der Waals surface area contributed by atoms with Crippen LogP contribution in [0, 0.1) is 0 Å². The highest BCUT2D eigenvalue weighted by molar-refractivity contribution is 7.99. The molecule has 0 unspecified atom stereocenters. The number of nitrogens with zero attached hydrogens (tertiary/aromatic N) is 2. The number of carbonyl (C=O) groups excluding carboxylic acids is 2. The molecule has 2 aromatic heterocycles. The number of rotatable bonds is 5. The average molecular weight is 455 g/mol. The van der Waals surface area contributed by atoms with Crippen molar-refractivity contribution in [1.82, 2.24) is 20.2 Å². The van der Waals surface area contributed by atoms with Crippen molar-refractivity contribution in [2.24, 2.45) is 0 Å². The summed E-state index contributed by atoms with van der Waals surface area (Å²) in [5.41, 5.74) is 1.76. The van der Waals surface area contributed by atoms with Crippen LogP contribution in [0.15, 0.2) is 40.3 Å². The third-order valence-corrected chi connectivity index (χ3v) is 7.59. The van der Waals surface area contributed by atoms with E-state index in [1.54, 1.807) is 15.9 Å². The molecule has 31 heavy (non-hydrogen) atoms. The summed E-state index contributed by atoms with van der Waals surface area (Å²) in [7, 11) is 0. The number of aromatic nitrogens is 2. The first kappa shape index (κ1) is 20.3. The van der Waals surface area contributed by atoms with Crippen molar-refractivity contribution >= 4 is 45.3 Å². The second-order valence-electron chi connectivity index (χ2n) is 7.85. The zero-order valence-corrected chi connectivity index (χ0v) is 18.5. The molecule has 5 rings (SSSR count). The second-order valence-corrected chi connectivity index (χ2v) is 9.87. The van der Waals surface area contributed by atoms with Gasteiger partial charge in [-0.1, -0.05) is 30.0 Å². The van der Waals surface area contributed by atoms with E-state index in [9.17, 15) is 14.4 Å². The van der Waals surface area contributed by atoms with Crippen molar-refractivity contribution in [2.75, 3.05) is 5.75 Å². The Hall–Kier alpha value is -2.65. The highest BCUT2D eigenvalue weighted by Crippen LogP contribution is 2.35. The maximum atomic E-state index is 13.6. The summed E-state index contributed by atoms with van der Waals surface area (Å²) >= 11 is 2.76. The zero-order valence-electron chi connectivity index (χ0n) is 16.8. The van der Waals surface area contributed by atoms with Gasteiger partial charge in [-0.2, -0.15) is 0 Å². The highest BCUT2D eigenvalue weighted by Gasteiger charge is 2.25. The van der Waals surface area contributed by atoms with E-state index in [0.29, 0.717) is 16.2 Å². The van der Waals surface area contributed by atoms with Crippen LogP contribution in [0.2, 0.25) is 0 Å². The standard InChI is InChI=1S/C22H22N4O3S2/c27-17(24-21(29)23-13-10-11-13)12-30-22-25-19-18(15-8-4-5-9-16(15)31-19)20(28)26(22)14-6-2-1-3-7-14/h1-3,6-7,13H,4-5,8-12H2,(H2,23,24,27,29). The van der Waals surface area contributed by atoms with Crippen LogP contribution in [-0.4, -0.2) is 33.3 Å². The van der Waals surface area contributed by atoms with Gasteiger partial charge in [-0.3, -0.25) is 19.5 Å². The van der Waals surface area contributed by atoms with Crippen LogP contribution in [0.1, 0.15) is 36.1 Å². The number of hydrogen-bond donors (Lipinski definition) is 2. The first-order chi connectivity index (χ1) is 15.1. The first-order valence-corrected chi connectivity index (χ1v) is 12.3. The molecule has 160 valence electrons. The van der Waals surface area contributed by atoms with Crippen molar-refractivity contribution in [3.63, 3.8) is 0 Å². The summed E-state index contributed by atoms with van der Waals surface area (Å²) < 4.78 is 1.59. The van der Waals surface area contributed by atoms with E-state index < -0.39 is 11.9 Å².